The zero-order chi connectivity index (χ0) is 19.3. The van der Waals surface area contributed by atoms with Gasteiger partial charge in [0.2, 0.25) is 0 Å². The summed E-state index contributed by atoms with van der Waals surface area (Å²) < 4.78 is 0. The van der Waals surface area contributed by atoms with Gasteiger partial charge in [0.1, 0.15) is 0 Å². The Kier molecular flexibility index (Phi) is 4.97. The molecular formula is C23H20N4O. The molecule has 5 nitrogen and oxygen atoms in total. The van der Waals surface area contributed by atoms with E-state index in [0.29, 0.717) is 12.1 Å². The highest BCUT2D eigenvalue weighted by molar-refractivity contribution is 5.96. The number of para-hydroxylation sites is 1. The van der Waals surface area contributed by atoms with Crippen molar-refractivity contribution in [2.45, 2.75) is 6.54 Å². The Bertz CT molecular complexity index is 1110. The molecule has 0 saturated carbocycles. The SMILES string of the molecule is CN(Cc1ccccc1)C(=O)c1cncc(Nc2cccc3cccnc23)c1. The molecule has 0 aliphatic rings. The van der Waals surface area contributed by atoms with Gasteiger partial charge >= 0.3 is 0 Å². The Balaban J connectivity index is 1.55. The van der Waals surface area contributed by atoms with Gasteiger partial charge in [-0.1, -0.05) is 48.5 Å². The average Bonchev–Trinajstić information content (AvgIpc) is 2.74. The summed E-state index contributed by atoms with van der Waals surface area (Å²) in [4.78, 5) is 23.2. The lowest BCUT2D eigenvalue weighted by Gasteiger charge is -2.18. The highest BCUT2D eigenvalue weighted by atomic mass is 16.2. The number of fused-ring (bicyclic) bond motifs is 1. The molecule has 0 bridgehead atoms. The quantitative estimate of drug-likeness (QED) is 0.557. The molecule has 2 aromatic heterocycles. The molecule has 0 spiro atoms. The summed E-state index contributed by atoms with van der Waals surface area (Å²) in [7, 11) is 1.80. The fourth-order valence-corrected chi connectivity index (χ4v) is 3.14. The summed E-state index contributed by atoms with van der Waals surface area (Å²) >= 11 is 0. The predicted molar refractivity (Wildman–Crippen MR) is 112 cm³/mol. The van der Waals surface area contributed by atoms with Crippen LogP contribution in [0.3, 0.4) is 0 Å². The van der Waals surface area contributed by atoms with Crippen molar-refractivity contribution in [2.75, 3.05) is 12.4 Å². The number of nitrogens with one attached hydrogen (secondary N) is 1. The van der Waals surface area contributed by atoms with E-state index in [4.69, 9.17) is 0 Å². The molecule has 0 radical (unpaired) electrons. The first kappa shape index (κ1) is 17.7. The second-order valence-electron chi connectivity index (χ2n) is 6.61. The van der Waals surface area contributed by atoms with Gasteiger partial charge in [-0.15, -0.1) is 0 Å². The molecule has 0 aliphatic heterocycles. The summed E-state index contributed by atoms with van der Waals surface area (Å²) in [6.45, 7) is 0.546. The molecule has 0 atom stereocenters. The van der Waals surface area contributed by atoms with Gasteiger partial charge in [0.15, 0.2) is 0 Å². The molecule has 2 heterocycles. The molecule has 138 valence electrons. The number of benzene rings is 2. The molecule has 1 N–H and O–H groups in total. The van der Waals surface area contributed by atoms with Crippen LogP contribution in [0.5, 0.6) is 0 Å². The van der Waals surface area contributed by atoms with Crippen LogP contribution in [0, 0.1) is 0 Å². The van der Waals surface area contributed by atoms with Crippen molar-refractivity contribution < 1.29 is 4.79 Å². The number of rotatable bonds is 5. The van der Waals surface area contributed by atoms with E-state index in [1.165, 1.54) is 0 Å². The number of hydrogen-bond donors (Lipinski definition) is 1. The number of carbonyl (C=O) groups is 1. The molecule has 28 heavy (non-hydrogen) atoms. The van der Waals surface area contributed by atoms with Gasteiger partial charge in [-0.3, -0.25) is 14.8 Å². The number of pyridine rings is 2. The minimum atomic E-state index is -0.0731. The number of hydrogen-bond acceptors (Lipinski definition) is 4. The van der Waals surface area contributed by atoms with Gasteiger partial charge in [-0.25, -0.2) is 0 Å². The van der Waals surface area contributed by atoms with E-state index < -0.39 is 0 Å². The number of amides is 1. The van der Waals surface area contributed by atoms with Gasteiger partial charge in [0.25, 0.3) is 5.91 Å². The van der Waals surface area contributed by atoms with E-state index in [-0.39, 0.29) is 5.91 Å². The zero-order valence-electron chi connectivity index (χ0n) is 15.5. The first-order valence-corrected chi connectivity index (χ1v) is 9.06. The van der Waals surface area contributed by atoms with Gasteiger partial charge < -0.3 is 10.2 Å². The van der Waals surface area contributed by atoms with Crippen LogP contribution in [0.25, 0.3) is 10.9 Å². The van der Waals surface area contributed by atoms with Crippen molar-refractivity contribution in [3.8, 4) is 0 Å². The summed E-state index contributed by atoms with van der Waals surface area (Å²) in [6, 6.07) is 21.6. The number of nitrogens with zero attached hydrogens (tertiary/aromatic N) is 3. The molecule has 0 unspecified atom stereocenters. The fraction of sp³-hybridized carbons (Fsp3) is 0.0870. The average molecular weight is 368 g/mol. The van der Waals surface area contributed by atoms with Crippen molar-refractivity contribution in [1.82, 2.24) is 14.9 Å². The van der Waals surface area contributed by atoms with E-state index in [9.17, 15) is 4.79 Å². The van der Waals surface area contributed by atoms with Crippen molar-refractivity contribution in [3.05, 3.63) is 96.4 Å². The molecule has 4 rings (SSSR count). The van der Waals surface area contributed by atoms with E-state index in [2.05, 4.69) is 15.3 Å². The van der Waals surface area contributed by atoms with Crippen molar-refractivity contribution in [1.29, 1.82) is 0 Å². The van der Waals surface area contributed by atoms with Gasteiger partial charge in [0, 0.05) is 31.4 Å². The third kappa shape index (κ3) is 3.83. The molecular weight excluding hydrogens is 348 g/mol. The molecule has 1 amide bonds. The fourth-order valence-electron chi connectivity index (χ4n) is 3.14. The summed E-state index contributed by atoms with van der Waals surface area (Å²) in [5, 5.41) is 4.39. The van der Waals surface area contributed by atoms with E-state index in [1.54, 1.807) is 30.5 Å². The third-order valence-electron chi connectivity index (χ3n) is 4.51. The largest absolute Gasteiger partial charge is 0.352 e. The number of carbonyl (C=O) groups excluding carboxylic acids is 1. The van der Waals surface area contributed by atoms with Crippen LogP contribution in [-0.2, 0) is 6.54 Å². The number of anilines is 2. The van der Waals surface area contributed by atoms with Crippen LogP contribution in [0.2, 0.25) is 0 Å². The standard InChI is InChI=1S/C23H20N4O/c1-27(16-17-7-3-2-4-8-17)23(28)19-13-20(15-24-14-19)26-21-11-5-9-18-10-6-12-25-22(18)21/h2-15,26H,16H2,1H3. The Morgan fingerprint density at radius 1 is 1.00 bits per heavy atom. The van der Waals surface area contributed by atoms with Crippen LogP contribution in [-0.4, -0.2) is 27.8 Å². The Labute approximate surface area is 163 Å². The van der Waals surface area contributed by atoms with Crippen molar-refractivity contribution in [3.63, 3.8) is 0 Å². The highest BCUT2D eigenvalue weighted by Gasteiger charge is 2.13. The minimum Gasteiger partial charge on any atom is -0.352 e. The smallest absolute Gasteiger partial charge is 0.255 e. The second-order valence-corrected chi connectivity index (χ2v) is 6.61. The van der Waals surface area contributed by atoms with Crippen molar-refractivity contribution in [2.24, 2.45) is 0 Å². The Morgan fingerprint density at radius 3 is 2.68 bits per heavy atom. The molecule has 2 aromatic carbocycles. The normalized spacial score (nSPS) is 10.6. The van der Waals surface area contributed by atoms with Gasteiger partial charge in [0.05, 0.1) is 28.7 Å². The lowest BCUT2D eigenvalue weighted by molar-refractivity contribution is 0.0784. The highest BCUT2D eigenvalue weighted by Crippen LogP contribution is 2.24. The van der Waals surface area contributed by atoms with Crippen LogP contribution in [0.15, 0.2) is 85.3 Å². The third-order valence-corrected chi connectivity index (χ3v) is 4.51. The number of aromatic nitrogens is 2. The van der Waals surface area contributed by atoms with Crippen molar-refractivity contribution >= 4 is 28.2 Å². The van der Waals surface area contributed by atoms with Crippen LogP contribution in [0.4, 0.5) is 11.4 Å². The van der Waals surface area contributed by atoms with Crippen LogP contribution in [0.1, 0.15) is 15.9 Å². The summed E-state index contributed by atoms with van der Waals surface area (Å²) in [5.74, 6) is -0.0731. The van der Waals surface area contributed by atoms with Gasteiger partial charge in [-0.2, -0.15) is 0 Å². The maximum Gasteiger partial charge on any atom is 0.255 e. The molecule has 0 saturated heterocycles. The van der Waals surface area contributed by atoms with Crippen LogP contribution >= 0.6 is 0 Å². The summed E-state index contributed by atoms with van der Waals surface area (Å²) in [5.41, 5.74) is 4.13. The first-order chi connectivity index (χ1) is 13.7. The van der Waals surface area contributed by atoms with Gasteiger partial charge in [-0.05, 0) is 23.8 Å². The van der Waals surface area contributed by atoms with Crippen LogP contribution < -0.4 is 5.32 Å². The predicted octanol–water partition coefficient (Wildman–Crippen LogP) is 4.65. The molecule has 0 fully saturated rings. The van der Waals surface area contributed by atoms with E-state index in [0.717, 1.165) is 27.8 Å². The van der Waals surface area contributed by atoms with E-state index in [1.807, 2.05) is 66.7 Å². The maximum absolute atomic E-state index is 12.8. The Morgan fingerprint density at radius 2 is 1.82 bits per heavy atom. The summed E-state index contributed by atoms with van der Waals surface area (Å²) in [6.07, 6.45) is 5.07. The lowest BCUT2D eigenvalue weighted by Crippen LogP contribution is -2.26. The lowest BCUT2D eigenvalue weighted by atomic mass is 10.1. The van der Waals surface area contributed by atoms with E-state index >= 15 is 0 Å². The monoisotopic (exact) mass is 368 g/mol. The molecule has 0 aliphatic carbocycles. The maximum atomic E-state index is 12.8. The molecule has 5 heteroatoms. The zero-order valence-corrected chi connectivity index (χ0v) is 15.5. The molecule has 4 aromatic rings. The first-order valence-electron chi connectivity index (χ1n) is 9.06. The topological polar surface area (TPSA) is 58.1 Å². The second kappa shape index (κ2) is 7.88. The minimum absolute atomic E-state index is 0.0731. The Hall–Kier alpha value is -3.73.